The number of rotatable bonds is 4. The third-order valence-electron chi connectivity index (χ3n) is 7.63. The van der Waals surface area contributed by atoms with Crippen molar-refractivity contribution in [3.8, 4) is 0 Å². The van der Waals surface area contributed by atoms with Crippen molar-refractivity contribution in [2.24, 2.45) is 10.8 Å². The van der Waals surface area contributed by atoms with Crippen LogP contribution in [-0.2, 0) is 9.47 Å². The predicted octanol–water partition coefficient (Wildman–Crippen LogP) is 4.35. The molecule has 3 saturated carbocycles. The lowest BCUT2D eigenvalue weighted by atomic mass is 9.57. The van der Waals surface area contributed by atoms with Crippen LogP contribution in [0.5, 0.6) is 0 Å². The summed E-state index contributed by atoms with van der Waals surface area (Å²) in [6.45, 7) is 17.2. The van der Waals surface area contributed by atoms with Crippen LogP contribution in [0.4, 0.5) is 9.59 Å². The van der Waals surface area contributed by atoms with E-state index in [4.69, 9.17) is 14.9 Å². The Morgan fingerprint density at radius 1 is 1.00 bits per heavy atom. The topological polar surface area (TPSA) is 108 Å². The van der Waals surface area contributed by atoms with E-state index in [0.717, 1.165) is 50.6 Å². The van der Waals surface area contributed by atoms with Gasteiger partial charge in [0.05, 0.1) is 19.3 Å². The van der Waals surface area contributed by atoms with Gasteiger partial charge in [0.1, 0.15) is 11.2 Å². The molecule has 4 fully saturated rings. The number of carbonyl (C=O) groups excluding carboxylic acids is 2. The van der Waals surface area contributed by atoms with E-state index < -0.39 is 16.6 Å². The van der Waals surface area contributed by atoms with Gasteiger partial charge < -0.3 is 30.4 Å². The number of quaternary nitrogens is 1. The lowest BCUT2D eigenvalue weighted by Crippen LogP contribution is -2.83. The highest BCUT2D eigenvalue weighted by molar-refractivity contribution is 6.03. The Morgan fingerprint density at radius 3 is 2.06 bits per heavy atom. The fourth-order valence-electron chi connectivity index (χ4n) is 5.65. The molecule has 4 N–H and O–H groups in total. The molecule has 35 heavy (non-hydrogen) atoms. The van der Waals surface area contributed by atoms with Crippen molar-refractivity contribution in [2.45, 2.75) is 111 Å². The number of nitrogens with zero attached hydrogens (tertiary/aromatic N) is 1. The summed E-state index contributed by atoms with van der Waals surface area (Å²) in [7, 11) is 0. The summed E-state index contributed by atoms with van der Waals surface area (Å²) in [5.74, 6) is 0. The second-order valence-corrected chi connectivity index (χ2v) is 13.6. The SMILES string of the molecule is CC(C)(C)OC(=O)NC12CCC(C[NH2+]C=C3CN(C(=O)OC(C)(C)C)CC(C)(C)C3=N)(CC1)CC2. The van der Waals surface area contributed by atoms with Gasteiger partial charge in [-0.3, -0.25) is 0 Å². The van der Waals surface area contributed by atoms with E-state index in [-0.39, 0.29) is 23.1 Å². The van der Waals surface area contributed by atoms with Gasteiger partial charge in [-0.25, -0.2) is 9.59 Å². The van der Waals surface area contributed by atoms with Crippen LogP contribution >= 0.6 is 0 Å². The molecule has 0 atom stereocenters. The van der Waals surface area contributed by atoms with E-state index in [9.17, 15) is 9.59 Å². The van der Waals surface area contributed by atoms with Crippen LogP contribution in [0.2, 0.25) is 0 Å². The maximum atomic E-state index is 12.7. The average Bonchev–Trinajstić information content (AvgIpc) is 2.69. The summed E-state index contributed by atoms with van der Waals surface area (Å²) in [6.07, 6.45) is 7.60. The Labute approximate surface area is 211 Å². The Balaban J connectivity index is 1.58. The zero-order chi connectivity index (χ0) is 26.3. The Morgan fingerprint density at radius 2 is 1.54 bits per heavy atom. The molecule has 0 aromatic carbocycles. The molecule has 198 valence electrons. The van der Waals surface area contributed by atoms with Gasteiger partial charge in [-0.2, -0.15) is 0 Å². The molecule has 4 aliphatic rings. The molecule has 2 amide bonds. The number of carbonyl (C=O) groups is 2. The molecule has 0 aromatic heterocycles. The van der Waals surface area contributed by atoms with Gasteiger partial charge in [-0.1, -0.05) is 13.8 Å². The summed E-state index contributed by atoms with van der Waals surface area (Å²) < 4.78 is 11.1. The monoisotopic (exact) mass is 491 g/mol. The fourth-order valence-corrected chi connectivity index (χ4v) is 5.65. The Hall–Kier alpha value is -2.09. The second-order valence-electron chi connectivity index (χ2n) is 13.6. The summed E-state index contributed by atoms with van der Waals surface area (Å²) in [5, 5.41) is 14.1. The number of hydrogen-bond donors (Lipinski definition) is 3. The molecule has 1 saturated heterocycles. The number of amides is 2. The molecular weight excluding hydrogens is 444 g/mol. The minimum atomic E-state index is -0.545. The van der Waals surface area contributed by atoms with Crippen molar-refractivity contribution in [3.63, 3.8) is 0 Å². The smallest absolute Gasteiger partial charge is 0.410 e. The maximum absolute atomic E-state index is 12.7. The summed E-state index contributed by atoms with van der Waals surface area (Å²) in [4.78, 5) is 26.8. The number of piperidine rings is 1. The van der Waals surface area contributed by atoms with Crippen LogP contribution in [-0.4, -0.2) is 59.2 Å². The van der Waals surface area contributed by atoms with E-state index in [1.165, 1.54) is 0 Å². The molecule has 0 aromatic rings. The maximum Gasteiger partial charge on any atom is 0.410 e. The quantitative estimate of drug-likeness (QED) is 0.543. The van der Waals surface area contributed by atoms with E-state index in [1.807, 2.05) is 55.4 Å². The number of fused-ring (bicyclic) bond motifs is 3. The first kappa shape index (κ1) is 27.5. The normalized spacial score (nSPS) is 29.8. The molecule has 4 rings (SSSR count). The van der Waals surface area contributed by atoms with Crippen LogP contribution < -0.4 is 10.6 Å². The lowest BCUT2D eigenvalue weighted by Gasteiger charge is -2.52. The summed E-state index contributed by atoms with van der Waals surface area (Å²) in [5.41, 5.74) is 0.149. The van der Waals surface area contributed by atoms with Gasteiger partial charge in [0.25, 0.3) is 0 Å². The largest absolute Gasteiger partial charge is 0.444 e. The Bertz CT molecular complexity index is 854. The van der Waals surface area contributed by atoms with Gasteiger partial charge in [0.15, 0.2) is 0 Å². The third-order valence-corrected chi connectivity index (χ3v) is 7.63. The zero-order valence-corrected chi connectivity index (χ0v) is 23.1. The molecule has 1 aliphatic heterocycles. The van der Waals surface area contributed by atoms with Crippen LogP contribution in [0.1, 0.15) is 93.9 Å². The molecule has 8 nitrogen and oxygen atoms in total. The first-order valence-electron chi connectivity index (χ1n) is 13.0. The molecule has 0 spiro atoms. The zero-order valence-electron chi connectivity index (χ0n) is 23.1. The molecule has 8 heteroatoms. The van der Waals surface area contributed by atoms with Crippen LogP contribution in [0, 0.1) is 16.2 Å². The number of nitrogens with two attached hydrogens (primary N) is 1. The van der Waals surface area contributed by atoms with Gasteiger partial charge in [0.2, 0.25) is 0 Å². The van der Waals surface area contributed by atoms with Crippen molar-refractivity contribution >= 4 is 17.9 Å². The Kier molecular flexibility index (Phi) is 7.40. The van der Waals surface area contributed by atoms with E-state index >= 15 is 0 Å². The van der Waals surface area contributed by atoms with E-state index in [2.05, 4.69) is 16.8 Å². The van der Waals surface area contributed by atoms with Gasteiger partial charge >= 0.3 is 12.2 Å². The molecule has 0 unspecified atom stereocenters. The number of nitrogens with one attached hydrogen (secondary N) is 2. The molecular formula is C27H47N4O4+. The van der Waals surface area contributed by atoms with Crippen LogP contribution in [0.25, 0.3) is 0 Å². The van der Waals surface area contributed by atoms with Crippen molar-refractivity contribution in [1.82, 2.24) is 10.2 Å². The van der Waals surface area contributed by atoms with Crippen LogP contribution in [0.3, 0.4) is 0 Å². The van der Waals surface area contributed by atoms with E-state index in [1.54, 1.807) is 4.90 Å². The summed E-state index contributed by atoms with van der Waals surface area (Å²) in [6, 6.07) is 0. The number of hydrogen-bond acceptors (Lipinski definition) is 5. The molecule has 3 aliphatic carbocycles. The molecule has 1 heterocycles. The standard InChI is InChI=1S/C27H46N4O4/c1-23(2,3)34-21(32)30-27-12-9-26(10-13-27,11-14-27)17-29-15-19-16-31(18-25(7,8)20(19)28)22(33)35-24(4,5)6/h15,28-29H,9-14,16-18H2,1-8H3,(H,30,32)/p+1. The number of ether oxygens (including phenoxy) is 2. The van der Waals surface area contributed by atoms with Gasteiger partial charge in [-0.15, -0.1) is 0 Å². The van der Waals surface area contributed by atoms with Gasteiger partial charge in [-0.05, 0) is 80.1 Å². The molecule has 2 bridgehead atoms. The average molecular weight is 492 g/mol. The summed E-state index contributed by atoms with van der Waals surface area (Å²) >= 11 is 0. The first-order valence-corrected chi connectivity index (χ1v) is 13.0. The van der Waals surface area contributed by atoms with Gasteiger partial charge in [0, 0.05) is 34.2 Å². The highest BCUT2D eigenvalue weighted by Gasteiger charge is 2.50. The van der Waals surface area contributed by atoms with Crippen molar-refractivity contribution in [3.05, 3.63) is 11.8 Å². The molecule has 0 radical (unpaired) electrons. The predicted molar refractivity (Wildman–Crippen MR) is 136 cm³/mol. The van der Waals surface area contributed by atoms with Crippen molar-refractivity contribution in [1.29, 1.82) is 5.41 Å². The minimum Gasteiger partial charge on any atom is -0.444 e. The van der Waals surface area contributed by atoms with Crippen LogP contribution in [0.15, 0.2) is 11.8 Å². The second kappa shape index (κ2) is 9.41. The number of alkyl carbamates (subject to hydrolysis) is 1. The van der Waals surface area contributed by atoms with Crippen molar-refractivity contribution in [2.75, 3.05) is 19.6 Å². The van der Waals surface area contributed by atoms with E-state index in [0.29, 0.717) is 18.8 Å². The fraction of sp³-hybridized carbons (Fsp3) is 0.815. The number of likely N-dealkylation sites (tertiary alicyclic amines) is 1. The first-order chi connectivity index (χ1) is 15.9. The van der Waals surface area contributed by atoms with Crippen molar-refractivity contribution < 1.29 is 24.4 Å². The third kappa shape index (κ3) is 6.99. The highest BCUT2D eigenvalue weighted by atomic mass is 16.6. The minimum absolute atomic E-state index is 0.133. The highest BCUT2D eigenvalue weighted by Crippen LogP contribution is 2.51. The lowest BCUT2D eigenvalue weighted by molar-refractivity contribution is -0.604.